The first-order chi connectivity index (χ1) is 6.04. The lowest BCUT2D eigenvalue weighted by Gasteiger charge is -2.33. The van der Waals surface area contributed by atoms with Crippen LogP contribution in [0.5, 0.6) is 0 Å². The monoisotopic (exact) mass is 182 g/mol. The Morgan fingerprint density at radius 1 is 1.38 bits per heavy atom. The second-order valence-electron chi connectivity index (χ2n) is 3.93. The molecule has 1 unspecified atom stereocenters. The molecular formula is C10H18N2O. The van der Waals surface area contributed by atoms with Crippen molar-refractivity contribution in [3.63, 3.8) is 0 Å². The van der Waals surface area contributed by atoms with Gasteiger partial charge in [-0.3, -0.25) is 5.01 Å². The minimum Gasteiger partial charge on any atom is -0.368 e. The van der Waals surface area contributed by atoms with Crippen LogP contribution >= 0.6 is 0 Å². The van der Waals surface area contributed by atoms with Crippen LogP contribution in [0.3, 0.4) is 0 Å². The van der Waals surface area contributed by atoms with E-state index in [-0.39, 0.29) is 6.04 Å². The Bertz CT molecular complexity index is 231. The Morgan fingerprint density at radius 3 is 2.46 bits per heavy atom. The van der Waals surface area contributed by atoms with E-state index in [0.717, 1.165) is 5.57 Å². The van der Waals surface area contributed by atoms with Crippen LogP contribution in [0.15, 0.2) is 16.8 Å². The van der Waals surface area contributed by atoms with Crippen molar-refractivity contribution in [3.05, 3.63) is 11.6 Å². The van der Waals surface area contributed by atoms with Gasteiger partial charge >= 0.3 is 0 Å². The molecule has 1 heterocycles. The van der Waals surface area contributed by atoms with E-state index in [1.54, 1.807) is 11.2 Å². The Kier molecular flexibility index (Phi) is 3.09. The lowest BCUT2D eigenvalue weighted by molar-refractivity contribution is 0.00542. The largest absolute Gasteiger partial charge is 0.368 e. The second kappa shape index (κ2) is 3.92. The summed E-state index contributed by atoms with van der Waals surface area (Å²) >= 11 is 0. The average Bonchev–Trinajstić information content (AvgIpc) is 2.03. The molecule has 0 bridgehead atoms. The number of rotatable bonds is 2. The Morgan fingerprint density at radius 2 is 2.00 bits per heavy atom. The van der Waals surface area contributed by atoms with E-state index in [2.05, 4.69) is 18.9 Å². The molecule has 74 valence electrons. The molecule has 13 heavy (non-hydrogen) atoms. The van der Waals surface area contributed by atoms with E-state index in [9.17, 15) is 5.11 Å². The molecule has 0 aromatic carbocycles. The highest BCUT2D eigenvalue weighted by atomic mass is 16.3. The van der Waals surface area contributed by atoms with Crippen LogP contribution in [0.25, 0.3) is 0 Å². The molecule has 0 aromatic rings. The van der Waals surface area contributed by atoms with Crippen molar-refractivity contribution in [2.24, 2.45) is 11.0 Å². The van der Waals surface area contributed by atoms with Crippen molar-refractivity contribution in [1.82, 2.24) is 5.01 Å². The van der Waals surface area contributed by atoms with Crippen molar-refractivity contribution in [3.8, 4) is 0 Å². The zero-order chi connectivity index (χ0) is 10.0. The summed E-state index contributed by atoms with van der Waals surface area (Å²) in [5, 5.41) is 15.8. The van der Waals surface area contributed by atoms with Crippen molar-refractivity contribution >= 4 is 6.21 Å². The summed E-state index contributed by atoms with van der Waals surface area (Å²) in [5.41, 5.74) is 1.03. The van der Waals surface area contributed by atoms with Gasteiger partial charge in [-0.15, -0.1) is 0 Å². The van der Waals surface area contributed by atoms with Crippen molar-refractivity contribution < 1.29 is 5.11 Å². The molecule has 1 aliphatic heterocycles. The predicted molar refractivity (Wildman–Crippen MR) is 54.4 cm³/mol. The third kappa shape index (κ3) is 2.10. The summed E-state index contributed by atoms with van der Waals surface area (Å²) < 4.78 is 0. The van der Waals surface area contributed by atoms with Gasteiger partial charge in [-0.1, -0.05) is 13.8 Å². The van der Waals surface area contributed by atoms with Crippen LogP contribution < -0.4 is 0 Å². The zero-order valence-corrected chi connectivity index (χ0v) is 8.73. The van der Waals surface area contributed by atoms with Crippen molar-refractivity contribution in [2.75, 3.05) is 0 Å². The summed E-state index contributed by atoms with van der Waals surface area (Å²) in [6, 6.07) is 0.230. The molecule has 0 saturated carbocycles. The third-order valence-corrected chi connectivity index (χ3v) is 2.21. The van der Waals surface area contributed by atoms with Crippen LogP contribution in [0.4, 0.5) is 0 Å². The lowest BCUT2D eigenvalue weighted by Crippen LogP contribution is -2.40. The van der Waals surface area contributed by atoms with Crippen LogP contribution in [-0.4, -0.2) is 28.6 Å². The molecule has 1 N–H and O–H groups in total. The van der Waals surface area contributed by atoms with Gasteiger partial charge in [0.15, 0.2) is 6.23 Å². The predicted octanol–water partition coefficient (Wildman–Crippen LogP) is 1.60. The van der Waals surface area contributed by atoms with Gasteiger partial charge in [0.25, 0.3) is 0 Å². The highest BCUT2D eigenvalue weighted by Crippen LogP contribution is 2.21. The average molecular weight is 182 g/mol. The fraction of sp³-hybridized carbons (Fsp3) is 0.700. The highest BCUT2D eigenvalue weighted by Gasteiger charge is 2.24. The molecule has 1 rings (SSSR count). The van der Waals surface area contributed by atoms with E-state index in [4.69, 9.17) is 0 Å². The molecule has 0 aliphatic carbocycles. The normalized spacial score (nSPS) is 22.8. The molecule has 0 radical (unpaired) electrons. The SMILES string of the molecule is CC(C)C1=CC=NN(C(C)C)C1O. The molecule has 0 fully saturated rings. The molecule has 0 saturated heterocycles. The number of hydrogen-bond donors (Lipinski definition) is 1. The highest BCUT2D eigenvalue weighted by molar-refractivity contribution is 5.73. The zero-order valence-electron chi connectivity index (χ0n) is 8.73. The summed E-state index contributed by atoms with van der Waals surface area (Å²) in [7, 11) is 0. The second-order valence-corrected chi connectivity index (χ2v) is 3.93. The van der Waals surface area contributed by atoms with E-state index < -0.39 is 6.23 Å². The van der Waals surface area contributed by atoms with Gasteiger partial charge in [0, 0.05) is 12.3 Å². The van der Waals surface area contributed by atoms with E-state index >= 15 is 0 Å². The standard InChI is InChI=1S/C10H18N2O/c1-7(2)9-5-6-11-12(8(3)4)10(9)13/h5-8,10,13H,1-4H3. The fourth-order valence-corrected chi connectivity index (χ4v) is 1.40. The molecular weight excluding hydrogens is 164 g/mol. The van der Waals surface area contributed by atoms with Crippen LogP contribution in [0, 0.1) is 5.92 Å². The van der Waals surface area contributed by atoms with Crippen LogP contribution in [0.2, 0.25) is 0 Å². The maximum atomic E-state index is 9.91. The van der Waals surface area contributed by atoms with E-state index in [0.29, 0.717) is 5.92 Å². The number of hydrogen-bond acceptors (Lipinski definition) is 3. The maximum absolute atomic E-state index is 9.91. The number of aliphatic hydroxyl groups excluding tert-OH is 1. The van der Waals surface area contributed by atoms with Crippen molar-refractivity contribution in [1.29, 1.82) is 0 Å². The molecule has 1 aliphatic rings. The number of allylic oxidation sites excluding steroid dienone is 1. The topological polar surface area (TPSA) is 35.8 Å². The molecule has 0 amide bonds. The molecule has 3 heteroatoms. The maximum Gasteiger partial charge on any atom is 0.165 e. The van der Waals surface area contributed by atoms with Gasteiger partial charge in [0.05, 0.1) is 0 Å². The summed E-state index contributed by atoms with van der Waals surface area (Å²) in [4.78, 5) is 0. The summed E-state index contributed by atoms with van der Waals surface area (Å²) in [6.07, 6.45) is 3.10. The smallest absolute Gasteiger partial charge is 0.165 e. The number of hydrazone groups is 1. The number of nitrogens with zero attached hydrogens (tertiary/aromatic N) is 2. The first-order valence-corrected chi connectivity index (χ1v) is 4.74. The van der Waals surface area contributed by atoms with Gasteiger partial charge < -0.3 is 5.11 Å². The Hall–Kier alpha value is -0.830. The van der Waals surface area contributed by atoms with Crippen LogP contribution in [0.1, 0.15) is 27.7 Å². The molecule has 1 atom stereocenters. The number of aliphatic hydroxyl groups is 1. The molecule has 3 nitrogen and oxygen atoms in total. The lowest BCUT2D eigenvalue weighted by atomic mass is 10.00. The molecule has 0 spiro atoms. The van der Waals surface area contributed by atoms with Gasteiger partial charge in [0.1, 0.15) is 0 Å². The third-order valence-electron chi connectivity index (χ3n) is 2.21. The Labute approximate surface area is 79.7 Å². The van der Waals surface area contributed by atoms with Gasteiger partial charge in [-0.25, -0.2) is 0 Å². The van der Waals surface area contributed by atoms with Crippen LogP contribution in [-0.2, 0) is 0 Å². The quantitative estimate of drug-likeness (QED) is 0.704. The fourth-order valence-electron chi connectivity index (χ4n) is 1.40. The first-order valence-electron chi connectivity index (χ1n) is 4.74. The molecule has 0 aromatic heterocycles. The van der Waals surface area contributed by atoms with Crippen molar-refractivity contribution in [2.45, 2.75) is 40.0 Å². The van der Waals surface area contributed by atoms with Gasteiger partial charge in [-0.2, -0.15) is 5.10 Å². The Balaban J connectivity index is 2.80. The summed E-state index contributed by atoms with van der Waals surface area (Å²) in [6.45, 7) is 8.19. The van der Waals surface area contributed by atoms with E-state index in [1.807, 2.05) is 19.9 Å². The minimum atomic E-state index is -0.551. The van der Waals surface area contributed by atoms with Gasteiger partial charge in [0.2, 0.25) is 0 Å². The first kappa shape index (κ1) is 10.3. The van der Waals surface area contributed by atoms with Gasteiger partial charge in [-0.05, 0) is 31.4 Å². The minimum absolute atomic E-state index is 0.230. The van der Waals surface area contributed by atoms with E-state index in [1.165, 1.54) is 0 Å². The summed E-state index contributed by atoms with van der Waals surface area (Å²) in [5.74, 6) is 0.364.